The number of hydrogen-bond acceptors (Lipinski definition) is 6. The Hall–Kier alpha value is -2.48. The molecule has 0 heterocycles. The lowest BCUT2D eigenvalue weighted by atomic mass is 10.1. The van der Waals surface area contributed by atoms with E-state index in [-0.39, 0.29) is 30.7 Å². The fraction of sp³-hybridized carbons (Fsp3) is 0.429. The molecule has 0 aromatic heterocycles. The summed E-state index contributed by atoms with van der Waals surface area (Å²) in [5.74, 6) is 0.152. The maximum absolute atomic E-state index is 11.1. The molecule has 2 unspecified atom stereocenters. The minimum atomic E-state index is -0.800. The maximum atomic E-state index is 11.1. The first-order valence-electron chi connectivity index (χ1n) is 9.57. The van der Waals surface area contributed by atoms with Gasteiger partial charge in [0.05, 0.1) is 4.92 Å². The lowest BCUT2D eigenvalue weighted by Gasteiger charge is -2.31. The molecule has 0 saturated carbocycles. The van der Waals surface area contributed by atoms with Crippen molar-refractivity contribution in [2.24, 2.45) is 0 Å². The van der Waals surface area contributed by atoms with Crippen LogP contribution in [-0.4, -0.2) is 52.4 Å². The molecular formula is C21H26N2O5. The second kappa shape index (κ2) is 9.64. The molecule has 0 amide bonds. The lowest BCUT2D eigenvalue weighted by Crippen LogP contribution is -2.38. The van der Waals surface area contributed by atoms with Gasteiger partial charge in [-0.25, -0.2) is 0 Å². The van der Waals surface area contributed by atoms with Crippen LogP contribution in [0.25, 0.3) is 0 Å². The van der Waals surface area contributed by atoms with Crippen molar-refractivity contribution >= 4 is 5.69 Å². The van der Waals surface area contributed by atoms with Gasteiger partial charge in [-0.1, -0.05) is 36.4 Å². The van der Waals surface area contributed by atoms with Gasteiger partial charge in [-0.05, 0) is 36.5 Å². The number of hydrogen-bond donors (Lipinski definition) is 2. The third kappa shape index (κ3) is 4.86. The molecule has 0 fully saturated rings. The van der Waals surface area contributed by atoms with Crippen molar-refractivity contribution < 1.29 is 19.9 Å². The molecule has 3 rings (SSSR count). The first-order valence-corrected chi connectivity index (χ1v) is 9.57. The van der Waals surface area contributed by atoms with E-state index < -0.39 is 11.0 Å². The quantitative estimate of drug-likeness (QED) is 0.481. The van der Waals surface area contributed by atoms with Gasteiger partial charge in [-0.15, -0.1) is 0 Å². The van der Waals surface area contributed by atoms with Gasteiger partial charge in [0.25, 0.3) is 0 Å². The van der Waals surface area contributed by atoms with Crippen LogP contribution in [-0.2, 0) is 6.42 Å². The number of nitrogens with zero attached hydrogens (tertiary/aromatic N) is 2. The maximum Gasteiger partial charge on any atom is 0.310 e. The predicted molar refractivity (Wildman–Crippen MR) is 105 cm³/mol. The van der Waals surface area contributed by atoms with E-state index in [1.54, 1.807) is 12.1 Å². The summed E-state index contributed by atoms with van der Waals surface area (Å²) in [7, 11) is 0. The predicted octanol–water partition coefficient (Wildman–Crippen LogP) is 2.71. The van der Waals surface area contributed by atoms with E-state index in [0.29, 0.717) is 19.5 Å². The van der Waals surface area contributed by atoms with E-state index >= 15 is 0 Å². The van der Waals surface area contributed by atoms with Crippen LogP contribution in [0, 0.1) is 10.1 Å². The summed E-state index contributed by atoms with van der Waals surface area (Å²) in [5, 5.41) is 30.8. The van der Waals surface area contributed by atoms with Gasteiger partial charge in [0.15, 0.2) is 5.75 Å². The van der Waals surface area contributed by atoms with Gasteiger partial charge < -0.3 is 14.9 Å². The van der Waals surface area contributed by atoms with Crippen molar-refractivity contribution in [1.29, 1.82) is 0 Å². The monoisotopic (exact) mass is 386 g/mol. The molecule has 0 saturated heterocycles. The Morgan fingerprint density at radius 3 is 2.75 bits per heavy atom. The molecule has 2 aromatic rings. The Kier molecular flexibility index (Phi) is 6.97. The molecule has 2 N–H and O–H groups in total. The molecule has 0 spiro atoms. The molecule has 28 heavy (non-hydrogen) atoms. The van der Waals surface area contributed by atoms with E-state index in [1.165, 1.54) is 23.3 Å². The van der Waals surface area contributed by atoms with Crippen LogP contribution < -0.4 is 4.74 Å². The smallest absolute Gasteiger partial charge is 0.310 e. The summed E-state index contributed by atoms with van der Waals surface area (Å²) >= 11 is 0. The van der Waals surface area contributed by atoms with Crippen LogP contribution in [0.2, 0.25) is 0 Å². The van der Waals surface area contributed by atoms with E-state index in [4.69, 9.17) is 4.74 Å². The molecule has 7 nitrogen and oxygen atoms in total. The molecule has 150 valence electrons. The van der Waals surface area contributed by atoms with E-state index in [9.17, 15) is 20.3 Å². The van der Waals surface area contributed by atoms with Gasteiger partial charge in [-0.3, -0.25) is 15.0 Å². The largest absolute Gasteiger partial charge is 0.484 e. The van der Waals surface area contributed by atoms with Crippen molar-refractivity contribution in [2.75, 3.05) is 26.3 Å². The highest BCUT2D eigenvalue weighted by Crippen LogP contribution is 2.35. The summed E-state index contributed by atoms with van der Waals surface area (Å²) in [5.41, 5.74) is 2.48. The molecule has 0 aliphatic heterocycles. The van der Waals surface area contributed by atoms with Crippen molar-refractivity contribution in [3.8, 4) is 5.75 Å². The number of aryl methyl sites for hydroxylation is 1. The number of benzene rings is 2. The standard InChI is InChI=1S/C21H26N2O5/c24-13-5-12-22(19-11-10-16-6-1-2-7-18(16)19)14-17(25)15-28-21-9-4-3-8-20(21)23(26)27/h1-4,6-9,17,19,24-25H,5,10-15H2. The van der Waals surface area contributed by atoms with Crippen molar-refractivity contribution in [1.82, 2.24) is 4.90 Å². The number of nitro groups is 1. The van der Waals surface area contributed by atoms with Crippen molar-refractivity contribution in [3.63, 3.8) is 0 Å². The minimum Gasteiger partial charge on any atom is -0.484 e. The molecule has 2 atom stereocenters. The minimum absolute atomic E-state index is 0.0329. The summed E-state index contributed by atoms with van der Waals surface area (Å²) in [4.78, 5) is 12.8. The van der Waals surface area contributed by atoms with Crippen LogP contribution in [0.3, 0.4) is 0 Å². The Balaban J connectivity index is 1.64. The SMILES string of the molecule is O=[N+]([O-])c1ccccc1OCC(O)CN(CCCO)C1CCc2ccccc21. The van der Waals surface area contributed by atoms with Gasteiger partial charge in [0.1, 0.15) is 12.7 Å². The average Bonchev–Trinajstić information content (AvgIpc) is 3.14. The number of para-hydroxylation sites is 2. The molecule has 0 bridgehead atoms. The Morgan fingerprint density at radius 2 is 1.96 bits per heavy atom. The Labute approximate surface area is 164 Å². The first-order chi connectivity index (χ1) is 13.6. The van der Waals surface area contributed by atoms with Gasteiger partial charge in [0.2, 0.25) is 0 Å². The van der Waals surface area contributed by atoms with Crippen LogP contribution >= 0.6 is 0 Å². The summed E-state index contributed by atoms with van der Waals surface area (Å²) in [6.45, 7) is 1.10. The second-order valence-corrected chi connectivity index (χ2v) is 7.02. The Morgan fingerprint density at radius 1 is 1.21 bits per heavy atom. The molecule has 0 radical (unpaired) electrons. The van der Waals surface area contributed by atoms with Crippen LogP contribution in [0.15, 0.2) is 48.5 Å². The normalized spacial score (nSPS) is 16.8. The van der Waals surface area contributed by atoms with E-state index in [0.717, 1.165) is 12.8 Å². The highest BCUT2D eigenvalue weighted by molar-refractivity contribution is 5.45. The number of aliphatic hydroxyl groups excluding tert-OH is 2. The average molecular weight is 386 g/mol. The number of fused-ring (bicyclic) bond motifs is 1. The van der Waals surface area contributed by atoms with E-state index in [1.807, 2.05) is 12.1 Å². The topological polar surface area (TPSA) is 96.1 Å². The van der Waals surface area contributed by atoms with E-state index in [2.05, 4.69) is 17.0 Å². The fourth-order valence-electron chi connectivity index (χ4n) is 3.80. The molecule has 7 heteroatoms. The molecule has 2 aromatic carbocycles. The highest BCUT2D eigenvalue weighted by atomic mass is 16.6. The lowest BCUT2D eigenvalue weighted by molar-refractivity contribution is -0.385. The summed E-state index contributed by atoms with van der Waals surface area (Å²) in [6, 6.07) is 14.7. The number of nitro benzene ring substituents is 1. The molecule has 1 aliphatic carbocycles. The second-order valence-electron chi connectivity index (χ2n) is 7.02. The number of rotatable bonds is 10. The zero-order valence-electron chi connectivity index (χ0n) is 15.7. The Bertz CT molecular complexity index is 798. The molecule has 1 aliphatic rings. The van der Waals surface area contributed by atoms with Crippen molar-refractivity contribution in [3.05, 3.63) is 69.8 Å². The van der Waals surface area contributed by atoms with Gasteiger partial charge in [-0.2, -0.15) is 0 Å². The summed E-state index contributed by atoms with van der Waals surface area (Å²) in [6.07, 6.45) is 1.80. The highest BCUT2D eigenvalue weighted by Gasteiger charge is 2.29. The zero-order chi connectivity index (χ0) is 19.9. The number of aliphatic hydroxyl groups is 2. The van der Waals surface area contributed by atoms with Crippen LogP contribution in [0.1, 0.15) is 30.0 Å². The zero-order valence-corrected chi connectivity index (χ0v) is 15.7. The number of ether oxygens (including phenoxy) is 1. The molecular weight excluding hydrogens is 360 g/mol. The van der Waals surface area contributed by atoms with Crippen molar-refractivity contribution in [2.45, 2.75) is 31.4 Å². The van der Waals surface area contributed by atoms with Gasteiger partial charge >= 0.3 is 5.69 Å². The fourth-order valence-corrected chi connectivity index (χ4v) is 3.80. The first kappa shape index (κ1) is 20.3. The van der Waals surface area contributed by atoms with Crippen LogP contribution in [0.4, 0.5) is 5.69 Å². The third-order valence-electron chi connectivity index (χ3n) is 5.08. The van der Waals surface area contributed by atoms with Crippen LogP contribution in [0.5, 0.6) is 5.75 Å². The van der Waals surface area contributed by atoms with Gasteiger partial charge in [0, 0.05) is 31.8 Å². The summed E-state index contributed by atoms with van der Waals surface area (Å²) < 4.78 is 5.53. The third-order valence-corrected chi connectivity index (χ3v) is 5.08.